The smallest absolute Gasteiger partial charge is 0.119 e. The first-order valence-electron chi connectivity index (χ1n) is 6.20. The number of aliphatic hydroxyl groups is 2. The van der Waals surface area contributed by atoms with Crippen LogP contribution in [0.1, 0.15) is 40.5 Å². The number of hydrogen-bond donors (Lipinski definition) is 2. The highest BCUT2D eigenvalue weighted by Gasteiger charge is 2.15. The van der Waals surface area contributed by atoms with E-state index in [2.05, 4.69) is 5.04 Å². The van der Waals surface area contributed by atoms with Crippen LogP contribution in [0.3, 0.4) is 0 Å². The molecule has 0 saturated heterocycles. The fraction of sp³-hybridized carbons (Fsp3) is 1.00. The van der Waals surface area contributed by atoms with Gasteiger partial charge in [-0.15, -0.1) is 0 Å². The SMILES string of the molecule is CC(C)CC(CO)OOOC(CO)CC(C)C. The lowest BCUT2D eigenvalue weighted by Gasteiger charge is -2.18. The molecule has 0 aliphatic rings. The van der Waals surface area contributed by atoms with Gasteiger partial charge >= 0.3 is 0 Å². The lowest BCUT2D eigenvalue weighted by molar-refractivity contribution is -0.542. The van der Waals surface area contributed by atoms with Crippen molar-refractivity contribution in [3.8, 4) is 0 Å². The summed E-state index contributed by atoms with van der Waals surface area (Å²) in [6.45, 7) is 7.89. The van der Waals surface area contributed by atoms with E-state index < -0.39 is 12.2 Å². The van der Waals surface area contributed by atoms with E-state index in [9.17, 15) is 0 Å². The third-order valence-electron chi connectivity index (χ3n) is 2.23. The van der Waals surface area contributed by atoms with E-state index in [1.807, 2.05) is 27.7 Å². The summed E-state index contributed by atoms with van der Waals surface area (Å²) in [6.07, 6.45) is 0.587. The number of rotatable bonds is 10. The van der Waals surface area contributed by atoms with Crippen molar-refractivity contribution in [2.24, 2.45) is 11.8 Å². The standard InChI is InChI=1S/C12H26O5/c1-9(2)5-11(7-13)15-17-16-12(8-14)6-10(3)4/h9-14H,5-8H2,1-4H3. The van der Waals surface area contributed by atoms with E-state index >= 15 is 0 Å². The molecule has 0 aliphatic carbocycles. The predicted octanol–water partition coefficient (Wildman–Crippen LogP) is 1.68. The summed E-state index contributed by atoms with van der Waals surface area (Å²) in [4.78, 5) is 9.87. The van der Waals surface area contributed by atoms with Crippen molar-refractivity contribution in [2.75, 3.05) is 13.2 Å². The minimum atomic E-state index is -0.395. The molecule has 17 heavy (non-hydrogen) atoms. The van der Waals surface area contributed by atoms with Crippen molar-refractivity contribution >= 4 is 0 Å². The zero-order valence-electron chi connectivity index (χ0n) is 11.3. The molecule has 0 rings (SSSR count). The normalized spacial score (nSPS) is 15.5. The van der Waals surface area contributed by atoms with Gasteiger partial charge in [0.1, 0.15) is 12.2 Å². The highest BCUT2D eigenvalue weighted by atomic mass is 17.5. The molecule has 0 heterocycles. The second-order valence-electron chi connectivity index (χ2n) is 5.13. The van der Waals surface area contributed by atoms with Crippen LogP contribution < -0.4 is 0 Å². The Balaban J connectivity index is 3.77. The van der Waals surface area contributed by atoms with Gasteiger partial charge in [-0.3, -0.25) is 0 Å². The first-order chi connectivity index (χ1) is 7.99. The molecule has 0 aromatic carbocycles. The highest BCUT2D eigenvalue weighted by Crippen LogP contribution is 2.11. The molecule has 5 nitrogen and oxygen atoms in total. The number of aliphatic hydroxyl groups excluding tert-OH is 2. The van der Waals surface area contributed by atoms with Gasteiger partial charge in [0.25, 0.3) is 0 Å². The van der Waals surface area contributed by atoms with Gasteiger partial charge < -0.3 is 10.2 Å². The minimum absolute atomic E-state index is 0.116. The van der Waals surface area contributed by atoms with Crippen LogP contribution in [0.4, 0.5) is 0 Å². The first kappa shape index (κ1) is 16.8. The summed E-state index contributed by atoms with van der Waals surface area (Å²) in [5.74, 6) is 0.806. The fourth-order valence-electron chi connectivity index (χ4n) is 1.47. The molecule has 0 aliphatic heterocycles. The van der Waals surface area contributed by atoms with E-state index in [0.29, 0.717) is 24.7 Å². The molecule has 0 fully saturated rings. The van der Waals surface area contributed by atoms with Crippen molar-refractivity contribution in [2.45, 2.75) is 52.7 Å². The van der Waals surface area contributed by atoms with E-state index in [0.717, 1.165) is 0 Å². The fourth-order valence-corrected chi connectivity index (χ4v) is 1.47. The van der Waals surface area contributed by atoms with Crippen molar-refractivity contribution < 1.29 is 25.0 Å². The molecular weight excluding hydrogens is 224 g/mol. The van der Waals surface area contributed by atoms with E-state index in [-0.39, 0.29) is 13.2 Å². The third kappa shape index (κ3) is 9.50. The second-order valence-corrected chi connectivity index (χ2v) is 5.13. The summed E-state index contributed by atoms with van der Waals surface area (Å²) in [7, 11) is 0. The molecule has 2 atom stereocenters. The number of hydrogen-bond acceptors (Lipinski definition) is 5. The monoisotopic (exact) mass is 250 g/mol. The van der Waals surface area contributed by atoms with Gasteiger partial charge in [0, 0.05) is 0 Å². The topological polar surface area (TPSA) is 68.2 Å². The Morgan fingerprint density at radius 2 is 1.12 bits per heavy atom. The van der Waals surface area contributed by atoms with Gasteiger partial charge in [-0.25, -0.2) is 9.78 Å². The molecule has 0 bridgehead atoms. The quantitative estimate of drug-likeness (QED) is 0.456. The summed E-state index contributed by atoms with van der Waals surface area (Å²) in [5, 5.41) is 22.7. The molecule has 5 heteroatoms. The lowest BCUT2D eigenvalue weighted by Crippen LogP contribution is -2.25. The Morgan fingerprint density at radius 1 is 0.765 bits per heavy atom. The maximum absolute atomic E-state index is 9.03. The summed E-state index contributed by atoms with van der Waals surface area (Å²) < 4.78 is 0. The van der Waals surface area contributed by atoms with Gasteiger partial charge in [0.2, 0.25) is 0 Å². The van der Waals surface area contributed by atoms with Crippen LogP contribution in [0.2, 0.25) is 0 Å². The summed E-state index contributed by atoms with van der Waals surface area (Å²) >= 11 is 0. The molecule has 0 saturated carbocycles. The van der Waals surface area contributed by atoms with E-state index in [4.69, 9.17) is 20.0 Å². The molecule has 0 radical (unpaired) electrons. The molecule has 0 spiro atoms. The van der Waals surface area contributed by atoms with Crippen LogP contribution in [-0.4, -0.2) is 35.6 Å². The predicted molar refractivity (Wildman–Crippen MR) is 63.9 cm³/mol. The van der Waals surface area contributed by atoms with Gasteiger partial charge in [0.05, 0.1) is 13.2 Å². The van der Waals surface area contributed by atoms with Gasteiger partial charge in [-0.2, -0.15) is 0 Å². The van der Waals surface area contributed by atoms with E-state index in [1.54, 1.807) is 0 Å². The van der Waals surface area contributed by atoms with Crippen LogP contribution in [0.25, 0.3) is 0 Å². The molecule has 0 aromatic heterocycles. The molecule has 2 unspecified atom stereocenters. The maximum Gasteiger partial charge on any atom is 0.119 e. The Kier molecular flexibility index (Phi) is 9.68. The molecular formula is C12H26O5. The van der Waals surface area contributed by atoms with Crippen LogP contribution >= 0.6 is 0 Å². The van der Waals surface area contributed by atoms with E-state index in [1.165, 1.54) is 0 Å². The van der Waals surface area contributed by atoms with Crippen molar-refractivity contribution in [1.29, 1.82) is 0 Å². The molecule has 2 N–H and O–H groups in total. The Bertz CT molecular complexity index is 154. The third-order valence-corrected chi connectivity index (χ3v) is 2.23. The zero-order chi connectivity index (χ0) is 13.3. The molecule has 104 valence electrons. The van der Waals surface area contributed by atoms with Crippen LogP contribution in [0, 0.1) is 11.8 Å². The minimum Gasteiger partial charge on any atom is -0.394 e. The highest BCUT2D eigenvalue weighted by molar-refractivity contribution is 4.57. The molecule has 0 aromatic rings. The Labute approximate surface area is 104 Å². The van der Waals surface area contributed by atoms with Gasteiger partial charge in [-0.1, -0.05) is 32.7 Å². The van der Waals surface area contributed by atoms with Crippen LogP contribution in [0.5, 0.6) is 0 Å². The van der Waals surface area contributed by atoms with Crippen molar-refractivity contribution in [3.05, 3.63) is 0 Å². The summed E-state index contributed by atoms with van der Waals surface area (Å²) in [5.41, 5.74) is 0. The maximum atomic E-state index is 9.03. The van der Waals surface area contributed by atoms with Crippen molar-refractivity contribution in [1.82, 2.24) is 0 Å². The van der Waals surface area contributed by atoms with Gasteiger partial charge in [0.15, 0.2) is 0 Å². The zero-order valence-corrected chi connectivity index (χ0v) is 11.3. The Morgan fingerprint density at radius 3 is 1.35 bits per heavy atom. The summed E-state index contributed by atoms with van der Waals surface area (Å²) in [6, 6.07) is 0. The average molecular weight is 250 g/mol. The first-order valence-corrected chi connectivity index (χ1v) is 6.20. The lowest BCUT2D eigenvalue weighted by atomic mass is 10.1. The van der Waals surface area contributed by atoms with Crippen molar-refractivity contribution in [3.63, 3.8) is 0 Å². The van der Waals surface area contributed by atoms with Gasteiger partial charge in [-0.05, 0) is 24.7 Å². The largest absolute Gasteiger partial charge is 0.394 e. The average Bonchev–Trinajstić information content (AvgIpc) is 2.25. The molecule has 0 amide bonds. The van der Waals surface area contributed by atoms with Crippen LogP contribution in [0.15, 0.2) is 0 Å². The van der Waals surface area contributed by atoms with Crippen LogP contribution in [-0.2, 0) is 14.8 Å². The Hall–Kier alpha value is -0.200. The second kappa shape index (κ2) is 9.79.